The minimum absolute atomic E-state index is 0.0979. The lowest BCUT2D eigenvalue weighted by Crippen LogP contribution is -2.21. The van der Waals surface area contributed by atoms with Crippen molar-refractivity contribution in [2.75, 3.05) is 0 Å². The van der Waals surface area contributed by atoms with Gasteiger partial charge in [-0.3, -0.25) is 4.79 Å². The molecule has 0 aliphatic rings. The first-order valence-electron chi connectivity index (χ1n) is 7.02. The molecule has 3 aromatic rings. The fourth-order valence-electron chi connectivity index (χ4n) is 2.03. The first-order chi connectivity index (χ1) is 11.4. The second-order valence-corrected chi connectivity index (χ2v) is 4.97. The zero-order valence-electron chi connectivity index (χ0n) is 12.5. The van der Waals surface area contributed by atoms with Crippen LogP contribution in [0.25, 0.3) is 17.0 Å². The topological polar surface area (TPSA) is 85.3 Å². The molecule has 0 aliphatic heterocycles. The number of carbonyl (C=O) groups excluding carboxylic acids is 1. The number of halogens is 3. The Morgan fingerprint density at radius 1 is 1.29 bits per heavy atom. The van der Waals surface area contributed by atoms with Gasteiger partial charge >= 0.3 is 12.1 Å². The van der Waals surface area contributed by atoms with E-state index in [9.17, 15) is 18.0 Å². The highest BCUT2D eigenvalue weighted by Crippen LogP contribution is 2.29. The summed E-state index contributed by atoms with van der Waals surface area (Å²) in [4.78, 5) is 18.9. The summed E-state index contributed by atoms with van der Waals surface area (Å²) in [7, 11) is 0. The monoisotopic (exact) mass is 339 g/mol. The van der Waals surface area contributed by atoms with E-state index in [0.717, 1.165) is 0 Å². The van der Waals surface area contributed by atoms with Crippen LogP contribution in [-0.4, -0.2) is 25.4 Å². The van der Waals surface area contributed by atoms with Crippen molar-refractivity contribution in [2.45, 2.75) is 26.1 Å². The van der Waals surface area contributed by atoms with E-state index >= 15 is 0 Å². The lowest BCUT2D eigenvalue weighted by atomic mass is 10.3. The summed E-state index contributed by atoms with van der Waals surface area (Å²) >= 11 is 0. The smallest absolute Gasteiger partial charge is 0.350 e. The average Bonchev–Trinajstić information content (AvgIpc) is 3.17. The highest BCUT2D eigenvalue weighted by Gasteiger charge is 2.38. The highest BCUT2D eigenvalue weighted by molar-refractivity contribution is 5.75. The van der Waals surface area contributed by atoms with Gasteiger partial charge in [0.1, 0.15) is 5.65 Å². The lowest BCUT2D eigenvalue weighted by molar-refractivity contribution is -0.159. The number of imidazole rings is 1. The highest BCUT2D eigenvalue weighted by atomic mass is 19.4. The van der Waals surface area contributed by atoms with Crippen LogP contribution in [0.15, 0.2) is 29.0 Å². The molecule has 0 spiro atoms. The van der Waals surface area contributed by atoms with E-state index in [2.05, 4.69) is 25.0 Å². The molecule has 1 amide bonds. The average molecular weight is 339 g/mol. The molecule has 3 rings (SSSR count). The summed E-state index contributed by atoms with van der Waals surface area (Å²) < 4.78 is 43.4. The molecular weight excluding hydrogens is 327 g/mol. The second-order valence-electron chi connectivity index (χ2n) is 4.97. The molecule has 3 aromatic heterocycles. The maximum Gasteiger partial charge on any atom is 0.471 e. The summed E-state index contributed by atoms with van der Waals surface area (Å²) in [5, 5.41) is 6.04. The minimum atomic E-state index is -4.69. The third kappa shape index (κ3) is 3.21. The number of nitrogens with zero attached hydrogens (tertiary/aromatic N) is 4. The fraction of sp³-hybridized carbons (Fsp3) is 0.286. The van der Waals surface area contributed by atoms with Gasteiger partial charge < -0.3 is 14.2 Å². The largest absolute Gasteiger partial charge is 0.471 e. The van der Waals surface area contributed by atoms with Crippen molar-refractivity contribution in [3.8, 4) is 11.4 Å². The Balaban J connectivity index is 1.86. The van der Waals surface area contributed by atoms with Gasteiger partial charge in [0, 0.05) is 24.4 Å². The molecule has 24 heavy (non-hydrogen) atoms. The Morgan fingerprint density at radius 3 is 2.75 bits per heavy atom. The van der Waals surface area contributed by atoms with Crippen molar-refractivity contribution >= 4 is 11.6 Å². The van der Waals surface area contributed by atoms with Crippen LogP contribution in [0.1, 0.15) is 24.9 Å². The molecule has 0 radical (unpaired) electrons. The predicted octanol–water partition coefficient (Wildman–Crippen LogP) is 2.43. The molecule has 0 fully saturated rings. The summed E-state index contributed by atoms with van der Waals surface area (Å²) in [6, 6.07) is 3.16. The van der Waals surface area contributed by atoms with Crippen molar-refractivity contribution in [1.82, 2.24) is 24.8 Å². The number of amides is 1. The van der Waals surface area contributed by atoms with E-state index < -0.39 is 12.1 Å². The van der Waals surface area contributed by atoms with Crippen LogP contribution in [0, 0.1) is 0 Å². The van der Waals surface area contributed by atoms with Gasteiger partial charge in [-0.1, -0.05) is 12.1 Å². The molecule has 0 saturated heterocycles. The van der Waals surface area contributed by atoms with Gasteiger partial charge in [0.15, 0.2) is 0 Å². The number of aromatic nitrogens is 4. The third-order valence-corrected chi connectivity index (χ3v) is 3.22. The number of pyridine rings is 1. The van der Waals surface area contributed by atoms with Crippen molar-refractivity contribution in [2.24, 2.45) is 0 Å². The Bertz CT molecular complexity index is 884. The van der Waals surface area contributed by atoms with E-state index in [-0.39, 0.29) is 18.3 Å². The lowest BCUT2D eigenvalue weighted by Gasteiger charge is -1.98. The number of nitrogens with one attached hydrogen (secondary N) is 1. The molecule has 0 aliphatic carbocycles. The number of alkyl halides is 3. The van der Waals surface area contributed by atoms with Crippen LogP contribution in [0.5, 0.6) is 0 Å². The maximum absolute atomic E-state index is 12.5. The molecule has 0 bridgehead atoms. The predicted molar refractivity (Wildman–Crippen MR) is 75.6 cm³/mol. The Hall–Kier alpha value is -2.91. The molecule has 0 atom stereocenters. The van der Waals surface area contributed by atoms with Crippen LogP contribution in [0.2, 0.25) is 0 Å². The molecule has 1 N–H and O–H groups in total. The van der Waals surface area contributed by atoms with Crippen LogP contribution in [-0.2, 0) is 17.5 Å². The maximum atomic E-state index is 12.5. The quantitative estimate of drug-likeness (QED) is 0.789. The summed E-state index contributed by atoms with van der Waals surface area (Å²) in [5.74, 6) is -1.66. The van der Waals surface area contributed by atoms with Crippen molar-refractivity contribution < 1.29 is 22.5 Å². The van der Waals surface area contributed by atoms with Crippen molar-refractivity contribution in [3.63, 3.8) is 0 Å². The van der Waals surface area contributed by atoms with E-state index in [1.165, 1.54) is 0 Å². The van der Waals surface area contributed by atoms with Crippen molar-refractivity contribution in [1.29, 1.82) is 0 Å². The normalized spacial score (nSPS) is 11.8. The van der Waals surface area contributed by atoms with E-state index in [1.807, 2.05) is 0 Å². The zero-order chi connectivity index (χ0) is 17.3. The van der Waals surface area contributed by atoms with Crippen LogP contribution < -0.4 is 5.32 Å². The van der Waals surface area contributed by atoms with Gasteiger partial charge in [-0.05, 0) is 12.1 Å². The number of hydrogen-bond acceptors (Lipinski definition) is 5. The van der Waals surface area contributed by atoms with Gasteiger partial charge in [0.2, 0.25) is 11.7 Å². The Kier molecular flexibility index (Phi) is 3.96. The Morgan fingerprint density at radius 2 is 2.08 bits per heavy atom. The number of hydrogen-bond donors (Lipinski definition) is 1. The third-order valence-electron chi connectivity index (χ3n) is 3.22. The molecule has 7 nitrogen and oxygen atoms in total. The molecule has 3 heterocycles. The van der Waals surface area contributed by atoms with E-state index in [1.54, 1.807) is 35.9 Å². The Labute approximate surface area is 133 Å². The fourth-order valence-corrected chi connectivity index (χ4v) is 2.03. The van der Waals surface area contributed by atoms with Crippen LogP contribution in [0.3, 0.4) is 0 Å². The number of fused-ring (bicyclic) bond motifs is 1. The van der Waals surface area contributed by atoms with Gasteiger partial charge in [0.05, 0.1) is 12.2 Å². The molecule has 0 unspecified atom stereocenters. The molecule has 0 saturated carbocycles. The van der Waals surface area contributed by atoms with Crippen LogP contribution in [0.4, 0.5) is 13.2 Å². The van der Waals surface area contributed by atoms with Gasteiger partial charge in [0.25, 0.3) is 0 Å². The van der Waals surface area contributed by atoms with Crippen LogP contribution >= 0.6 is 0 Å². The number of carbonyl (C=O) groups is 1. The number of rotatable bonds is 4. The standard InChI is InChI=1S/C14H12F3N5O2/c1-2-11(23)18-5-9-7-22-6-8(3-4-10(22)19-9)12-20-13(24-21-12)14(15,16)17/h3-4,6-7H,2,5H2,1H3,(H,18,23). The summed E-state index contributed by atoms with van der Waals surface area (Å²) in [5.41, 5.74) is 1.56. The van der Waals surface area contributed by atoms with Gasteiger partial charge in [-0.2, -0.15) is 18.2 Å². The summed E-state index contributed by atoms with van der Waals surface area (Å²) in [6.45, 7) is 2.01. The molecule has 10 heteroatoms. The molecule has 126 valence electrons. The minimum Gasteiger partial charge on any atom is -0.350 e. The van der Waals surface area contributed by atoms with E-state index in [0.29, 0.717) is 23.3 Å². The molecular formula is C14H12F3N5O2. The van der Waals surface area contributed by atoms with Gasteiger partial charge in [-0.25, -0.2) is 4.98 Å². The van der Waals surface area contributed by atoms with Gasteiger partial charge in [-0.15, -0.1) is 0 Å². The van der Waals surface area contributed by atoms with E-state index in [4.69, 9.17) is 0 Å². The SMILES string of the molecule is CCC(=O)NCc1cn2cc(-c3noc(C(F)(F)F)n3)ccc2n1. The zero-order valence-corrected chi connectivity index (χ0v) is 12.5. The summed E-state index contributed by atoms with van der Waals surface area (Å²) in [6.07, 6.45) is -1.11. The first-order valence-corrected chi connectivity index (χ1v) is 7.02. The molecule has 0 aromatic carbocycles. The second kappa shape index (κ2) is 5.95. The first kappa shape index (κ1) is 16.0. The van der Waals surface area contributed by atoms with Crippen molar-refractivity contribution in [3.05, 3.63) is 36.1 Å².